The average Bonchev–Trinajstić information content (AvgIpc) is 3.39. The van der Waals surface area contributed by atoms with Crippen molar-refractivity contribution in [1.82, 2.24) is 19.6 Å². The van der Waals surface area contributed by atoms with Gasteiger partial charge in [0.2, 0.25) is 5.91 Å². The van der Waals surface area contributed by atoms with Gasteiger partial charge in [-0.05, 0) is 89.1 Å². The number of anilines is 1. The Bertz CT molecular complexity index is 1330. The predicted molar refractivity (Wildman–Crippen MR) is 137 cm³/mol. The van der Waals surface area contributed by atoms with Crippen molar-refractivity contribution in [2.45, 2.75) is 64.0 Å². The van der Waals surface area contributed by atoms with Crippen LogP contribution >= 0.6 is 15.9 Å². The van der Waals surface area contributed by atoms with Crippen LogP contribution in [0.1, 0.15) is 56.1 Å². The lowest BCUT2D eigenvalue weighted by Gasteiger charge is -2.61. The van der Waals surface area contributed by atoms with E-state index >= 15 is 0 Å². The normalized spacial score (nSPS) is 28.4. The zero-order valence-electron chi connectivity index (χ0n) is 20.2. The third-order valence-corrected chi connectivity index (χ3v) is 8.89. The zero-order valence-corrected chi connectivity index (χ0v) is 21.8. The topological polar surface area (TPSA) is 108 Å². The van der Waals surface area contributed by atoms with Gasteiger partial charge in [0.1, 0.15) is 4.47 Å². The summed E-state index contributed by atoms with van der Waals surface area (Å²) in [6.07, 6.45) is 10.1. The van der Waals surface area contributed by atoms with Gasteiger partial charge < -0.3 is 15.4 Å². The van der Waals surface area contributed by atoms with E-state index in [2.05, 4.69) is 56.6 Å². The van der Waals surface area contributed by atoms with Crippen LogP contribution in [-0.4, -0.2) is 30.4 Å². The first-order valence-corrected chi connectivity index (χ1v) is 13.3. The smallest absolute Gasteiger partial charge is 0.358 e. The van der Waals surface area contributed by atoms with Crippen LogP contribution < -0.4 is 5.32 Å². The summed E-state index contributed by atoms with van der Waals surface area (Å²) in [7, 11) is 0. The SMILES string of the molecule is Cc1cccc(Cn2ccc(NC(=O)CC34CC5CC(C3)CC(n3cc(Br)c([N+](=O)[O-])n3)(C5)C4)n2)c1. The standard InChI is InChI=1S/C26H29BrN6O3/c1-17-3-2-4-18(7-17)14-31-6-5-22(29-31)28-23(34)13-25-9-19-8-20(10-25)12-26(11-19,16-25)32-15-21(27)24(30-32)33(35)36/h2-7,15,19-20H,8-14,16H2,1H3,(H,28,29,34). The van der Waals surface area contributed by atoms with Crippen molar-refractivity contribution >= 4 is 33.5 Å². The molecule has 1 N–H and O–H groups in total. The molecule has 1 aromatic carbocycles. The summed E-state index contributed by atoms with van der Waals surface area (Å²) in [5.41, 5.74) is 2.01. The molecular formula is C26H29BrN6O3. The largest absolute Gasteiger partial charge is 0.404 e. The van der Waals surface area contributed by atoms with Crippen LogP contribution in [0.15, 0.2) is 47.2 Å². The van der Waals surface area contributed by atoms with Gasteiger partial charge in [-0.1, -0.05) is 29.8 Å². The van der Waals surface area contributed by atoms with E-state index in [1.54, 1.807) is 6.20 Å². The van der Waals surface area contributed by atoms with Gasteiger partial charge in [0, 0.05) is 18.7 Å². The van der Waals surface area contributed by atoms with Crippen molar-refractivity contribution in [3.8, 4) is 0 Å². The average molecular weight is 553 g/mol. The number of amides is 1. The molecule has 7 rings (SSSR count). The summed E-state index contributed by atoms with van der Waals surface area (Å²) in [5, 5.41) is 23.4. The van der Waals surface area contributed by atoms with Gasteiger partial charge in [-0.3, -0.25) is 9.48 Å². The van der Waals surface area contributed by atoms with Crippen molar-refractivity contribution in [1.29, 1.82) is 0 Å². The molecule has 0 spiro atoms. The summed E-state index contributed by atoms with van der Waals surface area (Å²) in [4.78, 5) is 24.2. The highest BCUT2D eigenvalue weighted by Crippen LogP contribution is 2.65. The van der Waals surface area contributed by atoms with Crippen LogP contribution in [0, 0.1) is 34.3 Å². The molecule has 4 saturated carbocycles. The van der Waals surface area contributed by atoms with Gasteiger partial charge in [0.05, 0.1) is 23.4 Å². The maximum atomic E-state index is 13.2. The molecule has 0 aliphatic heterocycles. The Morgan fingerprint density at radius 3 is 2.69 bits per heavy atom. The third-order valence-electron chi connectivity index (χ3n) is 8.33. The number of carbonyl (C=O) groups is 1. The van der Waals surface area contributed by atoms with E-state index < -0.39 is 4.92 Å². The minimum Gasteiger partial charge on any atom is -0.358 e. The van der Waals surface area contributed by atoms with E-state index in [1.807, 2.05) is 27.7 Å². The molecule has 0 radical (unpaired) electrons. The number of aromatic nitrogens is 4. The number of carbonyl (C=O) groups excluding carboxylic acids is 1. The molecule has 2 atom stereocenters. The number of hydrogen-bond donors (Lipinski definition) is 1. The molecule has 4 aliphatic rings. The van der Waals surface area contributed by atoms with Crippen LogP contribution in [-0.2, 0) is 16.9 Å². The summed E-state index contributed by atoms with van der Waals surface area (Å²) >= 11 is 3.32. The summed E-state index contributed by atoms with van der Waals surface area (Å²) in [5.74, 6) is 1.46. The number of rotatable bonds is 7. The molecule has 1 amide bonds. The fraction of sp³-hybridized carbons (Fsp3) is 0.500. The Balaban J connectivity index is 1.17. The summed E-state index contributed by atoms with van der Waals surface area (Å²) in [6.45, 7) is 2.72. The van der Waals surface area contributed by atoms with E-state index in [-0.39, 0.29) is 22.7 Å². The number of nitrogens with zero attached hydrogens (tertiary/aromatic N) is 5. The van der Waals surface area contributed by atoms with Gasteiger partial charge in [-0.15, -0.1) is 0 Å². The lowest BCUT2D eigenvalue weighted by atomic mass is 9.46. The van der Waals surface area contributed by atoms with Gasteiger partial charge in [0.15, 0.2) is 5.82 Å². The number of benzene rings is 1. The van der Waals surface area contributed by atoms with Crippen molar-refractivity contribution in [3.63, 3.8) is 0 Å². The predicted octanol–water partition coefficient (Wildman–Crippen LogP) is 5.43. The van der Waals surface area contributed by atoms with Crippen LogP contribution in [0.5, 0.6) is 0 Å². The fourth-order valence-electron chi connectivity index (χ4n) is 7.63. The molecular weight excluding hydrogens is 524 g/mol. The van der Waals surface area contributed by atoms with Crippen LogP contribution in [0.4, 0.5) is 11.6 Å². The van der Waals surface area contributed by atoms with Crippen LogP contribution in [0.25, 0.3) is 0 Å². The van der Waals surface area contributed by atoms with Gasteiger partial charge in [-0.2, -0.15) is 9.78 Å². The molecule has 10 heteroatoms. The number of nitrogens with one attached hydrogen (secondary N) is 1. The highest BCUT2D eigenvalue weighted by Gasteiger charge is 2.60. The summed E-state index contributed by atoms with van der Waals surface area (Å²) < 4.78 is 4.09. The molecule has 4 bridgehead atoms. The van der Waals surface area contributed by atoms with E-state index in [1.165, 1.54) is 17.5 Å². The van der Waals surface area contributed by atoms with Gasteiger partial charge in [-0.25, -0.2) is 0 Å². The van der Waals surface area contributed by atoms with Crippen molar-refractivity contribution in [3.05, 3.63) is 68.4 Å². The monoisotopic (exact) mass is 552 g/mol. The van der Waals surface area contributed by atoms with Gasteiger partial charge >= 0.3 is 5.82 Å². The third kappa shape index (κ3) is 4.25. The maximum Gasteiger partial charge on any atom is 0.404 e. The molecule has 2 heterocycles. The number of nitro groups is 1. The second-order valence-corrected chi connectivity index (χ2v) is 12.2. The highest BCUT2D eigenvalue weighted by molar-refractivity contribution is 9.10. The minimum atomic E-state index is -0.442. The number of halogens is 1. The molecule has 3 aromatic rings. The number of hydrogen-bond acceptors (Lipinski definition) is 5. The molecule has 4 fully saturated rings. The summed E-state index contributed by atoms with van der Waals surface area (Å²) in [6, 6.07) is 10.2. The first-order chi connectivity index (χ1) is 17.2. The second-order valence-electron chi connectivity index (χ2n) is 11.3. The fourth-order valence-corrected chi connectivity index (χ4v) is 8.05. The Labute approximate surface area is 217 Å². The lowest BCUT2D eigenvalue weighted by Crippen LogP contribution is -2.57. The Morgan fingerprint density at radius 2 is 2.00 bits per heavy atom. The molecule has 188 valence electrons. The van der Waals surface area contributed by atoms with Crippen molar-refractivity contribution < 1.29 is 9.72 Å². The molecule has 0 saturated heterocycles. The quantitative estimate of drug-likeness (QED) is 0.310. The minimum absolute atomic E-state index is 0.0134. The maximum absolute atomic E-state index is 13.2. The molecule has 2 unspecified atom stereocenters. The first kappa shape index (κ1) is 23.4. The Morgan fingerprint density at radius 1 is 1.22 bits per heavy atom. The second kappa shape index (κ2) is 8.54. The van der Waals surface area contributed by atoms with E-state index in [0.29, 0.717) is 35.1 Å². The van der Waals surface area contributed by atoms with Crippen LogP contribution in [0.2, 0.25) is 0 Å². The number of aryl methyl sites for hydroxylation is 1. The molecule has 4 aliphatic carbocycles. The molecule has 2 aromatic heterocycles. The van der Waals surface area contributed by atoms with E-state index in [0.717, 1.165) is 32.1 Å². The Kier molecular flexibility index (Phi) is 5.55. The lowest BCUT2D eigenvalue weighted by molar-refractivity contribution is -0.390. The molecule has 36 heavy (non-hydrogen) atoms. The highest BCUT2D eigenvalue weighted by atomic mass is 79.9. The van der Waals surface area contributed by atoms with Crippen LogP contribution in [0.3, 0.4) is 0 Å². The van der Waals surface area contributed by atoms with Crippen molar-refractivity contribution in [2.75, 3.05) is 5.32 Å². The molecule has 9 nitrogen and oxygen atoms in total. The van der Waals surface area contributed by atoms with Crippen molar-refractivity contribution in [2.24, 2.45) is 17.3 Å². The zero-order chi connectivity index (χ0) is 25.1. The van der Waals surface area contributed by atoms with E-state index in [4.69, 9.17) is 0 Å². The van der Waals surface area contributed by atoms with E-state index in [9.17, 15) is 14.9 Å². The van der Waals surface area contributed by atoms with Gasteiger partial charge in [0.25, 0.3) is 0 Å². The first-order valence-electron chi connectivity index (χ1n) is 12.5. The Hall–Kier alpha value is -3.01.